The zero-order valence-corrected chi connectivity index (χ0v) is 16.0. The Morgan fingerprint density at radius 3 is 2.50 bits per heavy atom. The minimum absolute atomic E-state index is 0.0104. The van der Waals surface area contributed by atoms with Gasteiger partial charge in [0.1, 0.15) is 0 Å². The van der Waals surface area contributed by atoms with E-state index in [1.807, 2.05) is 12.1 Å². The first kappa shape index (κ1) is 21.2. The highest BCUT2D eigenvalue weighted by Gasteiger charge is 2.16. The maximum atomic E-state index is 12.8. The number of aromatic nitrogens is 1. The molecule has 0 bridgehead atoms. The molecular formula is C19H24F2N4O3. The molecule has 0 spiro atoms. The molecule has 0 fully saturated rings. The number of methoxy groups -OCH3 is 1. The molecule has 0 atom stereocenters. The Morgan fingerprint density at radius 1 is 1.14 bits per heavy atom. The Kier molecular flexibility index (Phi) is 8.26. The van der Waals surface area contributed by atoms with Crippen LogP contribution in [0.3, 0.4) is 0 Å². The molecule has 2 rings (SSSR count). The lowest BCUT2D eigenvalue weighted by molar-refractivity contribution is -0.0520. The fourth-order valence-electron chi connectivity index (χ4n) is 2.51. The molecule has 0 saturated heterocycles. The van der Waals surface area contributed by atoms with Crippen molar-refractivity contribution in [3.05, 3.63) is 47.7 Å². The minimum Gasteiger partial charge on any atom is -0.490 e. The molecule has 2 aromatic rings. The summed E-state index contributed by atoms with van der Waals surface area (Å²) in [6, 6.07) is 8.68. The molecule has 1 aromatic heterocycles. The maximum Gasteiger partial charge on any atom is 0.387 e. The van der Waals surface area contributed by atoms with Crippen molar-refractivity contribution in [2.45, 2.75) is 26.6 Å². The first-order valence-corrected chi connectivity index (χ1v) is 8.70. The van der Waals surface area contributed by atoms with Crippen molar-refractivity contribution in [1.29, 1.82) is 0 Å². The summed E-state index contributed by atoms with van der Waals surface area (Å²) >= 11 is 0. The number of hydrogen-bond acceptors (Lipinski definition) is 5. The molecule has 1 heterocycles. The van der Waals surface area contributed by atoms with E-state index >= 15 is 0 Å². The summed E-state index contributed by atoms with van der Waals surface area (Å²) < 4.78 is 40.9. The van der Waals surface area contributed by atoms with E-state index in [4.69, 9.17) is 9.47 Å². The van der Waals surface area contributed by atoms with Gasteiger partial charge >= 0.3 is 6.61 Å². The molecule has 2 N–H and O–H groups in total. The maximum absolute atomic E-state index is 12.8. The fourth-order valence-corrected chi connectivity index (χ4v) is 2.51. The number of para-hydroxylation sites is 1. The molecule has 0 aliphatic carbocycles. The second kappa shape index (κ2) is 10.9. The Bertz CT molecular complexity index is 788. The predicted octanol–water partition coefficient (Wildman–Crippen LogP) is 2.96. The van der Waals surface area contributed by atoms with Crippen LogP contribution in [0.2, 0.25) is 0 Å². The Labute approximate surface area is 162 Å². The molecule has 0 amide bonds. The standard InChI is InChI=1S/C19H24F2N4O3/c1-4-27-15-9-5-7-13(16(15)28-18(20)21)11-24-19(22-2)25-12-14-8-6-10-23-17(14)26-3/h5-10,18H,4,11-12H2,1-3H3,(H2,22,24,25). The van der Waals surface area contributed by atoms with Crippen LogP contribution in [0, 0.1) is 0 Å². The largest absolute Gasteiger partial charge is 0.490 e. The van der Waals surface area contributed by atoms with Gasteiger partial charge < -0.3 is 24.8 Å². The Hall–Kier alpha value is -3.10. The lowest BCUT2D eigenvalue weighted by Crippen LogP contribution is -2.36. The van der Waals surface area contributed by atoms with Crippen LogP contribution in [-0.2, 0) is 13.1 Å². The average molecular weight is 394 g/mol. The van der Waals surface area contributed by atoms with E-state index in [0.717, 1.165) is 5.56 Å². The zero-order chi connectivity index (χ0) is 20.4. The monoisotopic (exact) mass is 394 g/mol. The zero-order valence-electron chi connectivity index (χ0n) is 16.0. The van der Waals surface area contributed by atoms with Gasteiger partial charge in [-0.25, -0.2) is 4.98 Å². The molecule has 0 unspecified atom stereocenters. The number of benzene rings is 1. The van der Waals surface area contributed by atoms with Gasteiger partial charge in [0.15, 0.2) is 17.5 Å². The number of ether oxygens (including phenoxy) is 3. The van der Waals surface area contributed by atoms with Crippen LogP contribution in [0.1, 0.15) is 18.1 Å². The third-order valence-electron chi connectivity index (χ3n) is 3.73. The van der Waals surface area contributed by atoms with Crippen LogP contribution in [0.5, 0.6) is 17.4 Å². The van der Waals surface area contributed by atoms with Crippen LogP contribution in [-0.4, -0.2) is 38.3 Å². The summed E-state index contributed by atoms with van der Waals surface area (Å²) in [5.41, 5.74) is 1.38. The van der Waals surface area contributed by atoms with Crippen LogP contribution in [0.25, 0.3) is 0 Å². The number of nitrogens with zero attached hydrogens (tertiary/aromatic N) is 2. The first-order chi connectivity index (χ1) is 13.6. The molecule has 28 heavy (non-hydrogen) atoms. The quantitative estimate of drug-likeness (QED) is 0.503. The average Bonchev–Trinajstić information content (AvgIpc) is 2.70. The number of nitrogens with one attached hydrogen (secondary N) is 2. The lowest BCUT2D eigenvalue weighted by Gasteiger charge is -2.17. The predicted molar refractivity (Wildman–Crippen MR) is 102 cm³/mol. The number of pyridine rings is 1. The molecule has 0 saturated carbocycles. The van der Waals surface area contributed by atoms with Crippen molar-refractivity contribution in [1.82, 2.24) is 15.6 Å². The van der Waals surface area contributed by atoms with E-state index in [2.05, 4.69) is 25.3 Å². The SMILES string of the molecule is CCOc1cccc(CNC(=NC)NCc2cccnc2OC)c1OC(F)F. The highest BCUT2D eigenvalue weighted by atomic mass is 19.3. The van der Waals surface area contributed by atoms with Gasteiger partial charge in [0.25, 0.3) is 0 Å². The van der Waals surface area contributed by atoms with E-state index < -0.39 is 6.61 Å². The summed E-state index contributed by atoms with van der Waals surface area (Å²) in [5.74, 6) is 1.28. The van der Waals surface area contributed by atoms with Crippen molar-refractivity contribution in [3.8, 4) is 17.4 Å². The van der Waals surface area contributed by atoms with E-state index in [-0.39, 0.29) is 18.0 Å². The van der Waals surface area contributed by atoms with Crippen molar-refractivity contribution >= 4 is 5.96 Å². The van der Waals surface area contributed by atoms with Gasteiger partial charge in [0.05, 0.1) is 13.7 Å². The highest BCUT2D eigenvalue weighted by Crippen LogP contribution is 2.32. The van der Waals surface area contributed by atoms with E-state index in [1.165, 1.54) is 0 Å². The molecule has 9 heteroatoms. The molecule has 1 aromatic carbocycles. The molecule has 7 nitrogen and oxygen atoms in total. The number of hydrogen-bond donors (Lipinski definition) is 2. The van der Waals surface area contributed by atoms with Gasteiger partial charge in [-0.1, -0.05) is 18.2 Å². The van der Waals surface area contributed by atoms with Gasteiger partial charge in [-0.15, -0.1) is 0 Å². The smallest absolute Gasteiger partial charge is 0.387 e. The van der Waals surface area contributed by atoms with E-state index in [0.29, 0.717) is 30.6 Å². The second-order valence-electron chi connectivity index (χ2n) is 5.51. The summed E-state index contributed by atoms with van der Waals surface area (Å²) in [6.45, 7) is -0.193. The number of alkyl halides is 2. The van der Waals surface area contributed by atoms with Crippen molar-refractivity contribution in [2.24, 2.45) is 4.99 Å². The van der Waals surface area contributed by atoms with Gasteiger partial charge in [-0.3, -0.25) is 4.99 Å². The molecular weight excluding hydrogens is 370 g/mol. The molecule has 0 aliphatic rings. The second-order valence-corrected chi connectivity index (χ2v) is 5.51. The van der Waals surface area contributed by atoms with Crippen LogP contribution in [0.15, 0.2) is 41.5 Å². The van der Waals surface area contributed by atoms with E-state index in [9.17, 15) is 8.78 Å². The summed E-state index contributed by atoms with van der Waals surface area (Å²) in [5, 5.41) is 6.20. The van der Waals surface area contributed by atoms with Crippen molar-refractivity contribution in [2.75, 3.05) is 20.8 Å². The summed E-state index contributed by atoms with van der Waals surface area (Å²) in [6.07, 6.45) is 1.64. The summed E-state index contributed by atoms with van der Waals surface area (Å²) in [4.78, 5) is 8.27. The lowest BCUT2D eigenvalue weighted by atomic mass is 10.2. The van der Waals surface area contributed by atoms with Gasteiger partial charge in [0, 0.05) is 37.5 Å². The fraction of sp³-hybridized carbons (Fsp3) is 0.368. The van der Waals surface area contributed by atoms with Crippen LogP contribution in [0.4, 0.5) is 8.78 Å². The van der Waals surface area contributed by atoms with Gasteiger partial charge in [-0.2, -0.15) is 8.78 Å². The normalized spacial score (nSPS) is 11.3. The molecule has 0 radical (unpaired) electrons. The molecule has 152 valence electrons. The van der Waals surface area contributed by atoms with E-state index in [1.54, 1.807) is 45.5 Å². The third kappa shape index (κ3) is 5.97. The summed E-state index contributed by atoms with van der Waals surface area (Å²) in [7, 11) is 3.16. The Balaban J connectivity index is 2.05. The first-order valence-electron chi connectivity index (χ1n) is 8.70. The number of halogens is 2. The minimum atomic E-state index is -2.95. The van der Waals surface area contributed by atoms with Crippen LogP contribution < -0.4 is 24.8 Å². The topological polar surface area (TPSA) is 77.0 Å². The van der Waals surface area contributed by atoms with Crippen molar-refractivity contribution < 1.29 is 23.0 Å². The third-order valence-corrected chi connectivity index (χ3v) is 3.73. The number of guanidine groups is 1. The van der Waals surface area contributed by atoms with Gasteiger partial charge in [-0.05, 0) is 19.1 Å². The van der Waals surface area contributed by atoms with Crippen LogP contribution >= 0.6 is 0 Å². The number of rotatable bonds is 9. The number of aliphatic imine (C=N–C) groups is 1. The van der Waals surface area contributed by atoms with Gasteiger partial charge in [0.2, 0.25) is 5.88 Å². The highest BCUT2D eigenvalue weighted by molar-refractivity contribution is 5.79. The van der Waals surface area contributed by atoms with Crippen molar-refractivity contribution in [3.63, 3.8) is 0 Å². The Morgan fingerprint density at radius 2 is 1.86 bits per heavy atom. The molecule has 0 aliphatic heterocycles.